The van der Waals surface area contributed by atoms with Crippen molar-refractivity contribution in [3.63, 3.8) is 0 Å². The fourth-order valence-electron chi connectivity index (χ4n) is 3.07. The van der Waals surface area contributed by atoms with Crippen LogP contribution in [0, 0.1) is 6.92 Å². The van der Waals surface area contributed by atoms with Crippen molar-refractivity contribution in [1.82, 2.24) is 14.8 Å². The van der Waals surface area contributed by atoms with Crippen molar-refractivity contribution in [3.05, 3.63) is 77.3 Å². The van der Waals surface area contributed by atoms with Gasteiger partial charge in [0, 0.05) is 18.0 Å². The van der Waals surface area contributed by atoms with E-state index < -0.39 is 0 Å². The molecule has 0 bridgehead atoms. The predicted molar refractivity (Wildman–Crippen MR) is 102 cm³/mol. The molecule has 2 heterocycles. The number of benzene rings is 1. The zero-order chi connectivity index (χ0) is 17.2. The maximum Gasteiger partial charge on any atom is 0.153 e. The van der Waals surface area contributed by atoms with Crippen molar-refractivity contribution >= 4 is 28.5 Å². The Labute approximate surface area is 151 Å². The molecule has 25 heavy (non-hydrogen) atoms. The number of aryl methyl sites for hydroxylation is 1. The zero-order valence-electron chi connectivity index (χ0n) is 13.9. The molecular weight excluding hydrogens is 332 g/mol. The number of rotatable bonds is 3. The number of para-hydroxylation sites is 1. The average Bonchev–Trinajstić information content (AvgIpc) is 3.00. The molecule has 4 rings (SSSR count). The zero-order valence-corrected chi connectivity index (χ0v) is 14.6. The van der Waals surface area contributed by atoms with E-state index in [0.29, 0.717) is 0 Å². The maximum absolute atomic E-state index is 6.70. The van der Waals surface area contributed by atoms with Crippen molar-refractivity contribution in [2.75, 3.05) is 0 Å². The van der Waals surface area contributed by atoms with Gasteiger partial charge in [-0.1, -0.05) is 35.9 Å². The summed E-state index contributed by atoms with van der Waals surface area (Å²) in [6.45, 7) is 1.98. The number of fused-ring (bicyclic) bond motifs is 1. The van der Waals surface area contributed by atoms with Crippen LogP contribution >= 0.6 is 11.6 Å². The number of halogens is 1. The molecule has 0 atom stereocenters. The first-order chi connectivity index (χ1) is 12.2. The van der Waals surface area contributed by atoms with Crippen LogP contribution in [0.2, 0.25) is 0 Å². The summed E-state index contributed by atoms with van der Waals surface area (Å²) in [4.78, 5) is 8.95. The lowest BCUT2D eigenvalue weighted by atomic mass is 9.96. The molecule has 0 unspecified atom stereocenters. The first-order valence-corrected chi connectivity index (χ1v) is 8.60. The molecule has 1 aliphatic rings. The molecule has 0 aliphatic heterocycles. The van der Waals surface area contributed by atoms with Crippen molar-refractivity contribution < 1.29 is 0 Å². The number of hydrogen-bond donors (Lipinski definition) is 0. The lowest BCUT2D eigenvalue weighted by Crippen LogP contribution is -2.09. The average molecular weight is 349 g/mol. The Morgan fingerprint density at radius 3 is 2.64 bits per heavy atom. The lowest BCUT2D eigenvalue weighted by molar-refractivity contribution is 0.760. The highest BCUT2D eigenvalue weighted by Gasteiger charge is 2.25. The van der Waals surface area contributed by atoms with E-state index in [1.165, 1.54) is 0 Å². The summed E-state index contributed by atoms with van der Waals surface area (Å²) in [6.07, 6.45) is 5.34. The summed E-state index contributed by atoms with van der Waals surface area (Å²) in [5, 5.41) is 5.39. The van der Waals surface area contributed by atoms with Gasteiger partial charge >= 0.3 is 0 Å². The van der Waals surface area contributed by atoms with Crippen LogP contribution in [0.25, 0.3) is 10.9 Å². The Morgan fingerprint density at radius 2 is 1.88 bits per heavy atom. The highest BCUT2D eigenvalue weighted by molar-refractivity contribution is 6.51. The minimum Gasteiger partial charge on any atom is -0.257 e. The molecule has 1 aliphatic carbocycles. The summed E-state index contributed by atoms with van der Waals surface area (Å²) < 4.78 is 1.90. The fourth-order valence-corrected chi connectivity index (χ4v) is 3.46. The molecule has 0 amide bonds. The van der Waals surface area contributed by atoms with Crippen LogP contribution < -0.4 is 0 Å². The van der Waals surface area contributed by atoms with Gasteiger partial charge in [-0.15, -0.1) is 0 Å². The predicted octanol–water partition coefficient (Wildman–Crippen LogP) is 4.87. The Bertz CT molecular complexity index is 956. The van der Waals surface area contributed by atoms with Crippen LogP contribution in [0.1, 0.15) is 23.4 Å². The molecule has 2 aromatic heterocycles. The summed E-state index contributed by atoms with van der Waals surface area (Å²) >= 11 is 6.70. The van der Waals surface area contributed by atoms with Crippen molar-refractivity contribution in [2.24, 2.45) is 4.99 Å². The van der Waals surface area contributed by atoms with Gasteiger partial charge in [0.1, 0.15) is 0 Å². The molecule has 3 aromatic rings. The fraction of sp³-hybridized carbons (Fsp3) is 0.150. The second-order valence-electron chi connectivity index (χ2n) is 5.94. The molecule has 0 saturated heterocycles. The molecule has 0 N–H and O–H groups in total. The number of aromatic nitrogens is 3. The van der Waals surface area contributed by atoms with E-state index in [-0.39, 0.29) is 0 Å². The van der Waals surface area contributed by atoms with Crippen LogP contribution in [-0.4, -0.2) is 21.0 Å². The molecule has 1 aromatic carbocycles. The summed E-state index contributed by atoms with van der Waals surface area (Å²) in [7, 11) is 0. The maximum atomic E-state index is 6.70. The second kappa shape index (κ2) is 6.65. The molecule has 4 nitrogen and oxygen atoms in total. The van der Waals surface area contributed by atoms with Crippen molar-refractivity contribution in [2.45, 2.75) is 19.8 Å². The first-order valence-electron chi connectivity index (χ1n) is 8.22. The molecule has 0 radical (unpaired) electrons. The molecule has 0 saturated carbocycles. The summed E-state index contributed by atoms with van der Waals surface area (Å²) in [6, 6.07) is 15.7. The van der Waals surface area contributed by atoms with Gasteiger partial charge in [-0.05, 0) is 49.6 Å². The monoisotopic (exact) mass is 348 g/mol. The smallest absolute Gasteiger partial charge is 0.153 e. The van der Waals surface area contributed by atoms with Gasteiger partial charge in [-0.2, -0.15) is 5.10 Å². The highest BCUT2D eigenvalue weighted by Crippen LogP contribution is 2.36. The third-order valence-corrected chi connectivity index (χ3v) is 4.71. The van der Waals surface area contributed by atoms with Gasteiger partial charge in [0.25, 0.3) is 0 Å². The van der Waals surface area contributed by atoms with E-state index in [2.05, 4.69) is 15.1 Å². The first kappa shape index (κ1) is 15.8. The van der Waals surface area contributed by atoms with Gasteiger partial charge in [0.15, 0.2) is 5.82 Å². The Morgan fingerprint density at radius 1 is 1.08 bits per heavy atom. The van der Waals surface area contributed by atoms with Crippen molar-refractivity contribution in [1.29, 1.82) is 0 Å². The standard InChI is InChI=1S/C20H17ClN4/c1-14-19-17(25(24-14)18-9-5-6-12-22-18)11-10-15(20(19)21)13-23-16-7-3-2-4-8-16/h2-9,12-13H,10-11H2,1H3. The summed E-state index contributed by atoms with van der Waals surface area (Å²) in [5.74, 6) is 0.817. The van der Waals surface area contributed by atoms with Crippen LogP contribution in [-0.2, 0) is 6.42 Å². The number of aliphatic imine (C=N–C) groups is 1. The largest absolute Gasteiger partial charge is 0.257 e. The van der Waals surface area contributed by atoms with E-state index in [4.69, 9.17) is 11.6 Å². The number of nitrogens with zero attached hydrogens (tertiary/aromatic N) is 4. The molecule has 124 valence electrons. The normalized spacial score (nSPS) is 14.2. The third kappa shape index (κ3) is 3.01. The Balaban J connectivity index is 1.74. The third-order valence-electron chi connectivity index (χ3n) is 4.28. The van der Waals surface area contributed by atoms with Crippen LogP contribution in [0.4, 0.5) is 5.69 Å². The molecule has 0 fully saturated rings. The SMILES string of the molecule is Cc1nn(-c2ccccn2)c2c1C(Cl)=C(C=Nc1ccccc1)CC2. The quantitative estimate of drug-likeness (QED) is 0.633. The van der Waals surface area contributed by atoms with Crippen molar-refractivity contribution in [3.8, 4) is 5.82 Å². The van der Waals surface area contributed by atoms with Crippen LogP contribution in [0.5, 0.6) is 0 Å². The Kier molecular flexibility index (Phi) is 4.20. The minimum absolute atomic E-state index is 0.737. The lowest BCUT2D eigenvalue weighted by Gasteiger charge is -2.16. The van der Waals surface area contributed by atoms with E-state index >= 15 is 0 Å². The Hall–Kier alpha value is -2.72. The molecule has 0 spiro atoms. The highest BCUT2D eigenvalue weighted by atomic mass is 35.5. The molecule has 5 heteroatoms. The number of hydrogen-bond acceptors (Lipinski definition) is 3. The van der Waals surface area contributed by atoms with Crippen LogP contribution in [0.15, 0.2) is 65.3 Å². The minimum atomic E-state index is 0.737. The number of pyridine rings is 1. The van der Waals surface area contributed by atoms with Gasteiger partial charge < -0.3 is 0 Å². The van der Waals surface area contributed by atoms with E-state index in [1.54, 1.807) is 6.20 Å². The van der Waals surface area contributed by atoms with E-state index in [9.17, 15) is 0 Å². The van der Waals surface area contributed by atoms with Gasteiger partial charge in [-0.25, -0.2) is 9.67 Å². The van der Waals surface area contributed by atoms with Crippen LogP contribution in [0.3, 0.4) is 0 Å². The van der Waals surface area contributed by atoms with Gasteiger partial charge in [-0.3, -0.25) is 4.99 Å². The summed E-state index contributed by atoms with van der Waals surface area (Å²) in [5.41, 5.74) is 5.00. The topological polar surface area (TPSA) is 43.1 Å². The van der Waals surface area contributed by atoms with E-state index in [0.717, 1.165) is 51.9 Å². The van der Waals surface area contributed by atoms with Gasteiger partial charge in [0.2, 0.25) is 0 Å². The van der Waals surface area contributed by atoms with E-state index in [1.807, 2.05) is 66.4 Å². The number of allylic oxidation sites excluding steroid dienone is 1. The second-order valence-corrected chi connectivity index (χ2v) is 6.32. The molecular formula is C20H17ClN4. The van der Waals surface area contributed by atoms with Gasteiger partial charge in [0.05, 0.1) is 22.1 Å².